The van der Waals surface area contributed by atoms with Crippen LogP contribution in [0.2, 0.25) is 0 Å². The Morgan fingerprint density at radius 1 is 1.10 bits per heavy atom. The number of halogens is 4. The van der Waals surface area contributed by atoms with Crippen molar-refractivity contribution in [3.05, 3.63) is 48.9 Å². The molecule has 0 aliphatic rings. The number of anilines is 1. The summed E-state index contributed by atoms with van der Waals surface area (Å²) in [6, 6.07) is 4.26. The number of nitrogens with zero attached hydrogens (tertiary/aromatic N) is 2. The van der Waals surface area contributed by atoms with Crippen LogP contribution in [0.5, 0.6) is 17.5 Å². The van der Waals surface area contributed by atoms with Crippen LogP contribution < -0.4 is 24.2 Å². The molecule has 2 rings (SSSR count). The van der Waals surface area contributed by atoms with Crippen molar-refractivity contribution >= 4 is 22.0 Å². The van der Waals surface area contributed by atoms with E-state index in [-0.39, 0.29) is 5.75 Å². The summed E-state index contributed by atoms with van der Waals surface area (Å²) in [5, 5.41) is 1.79. The first kappa shape index (κ1) is 23.4. The molecule has 31 heavy (non-hydrogen) atoms. The highest BCUT2D eigenvalue weighted by Crippen LogP contribution is 2.24. The van der Waals surface area contributed by atoms with Gasteiger partial charge in [-0.15, -0.1) is 0 Å². The second-order valence-corrected chi connectivity index (χ2v) is 6.72. The predicted octanol–water partition coefficient (Wildman–Crippen LogP) is 2.87. The highest BCUT2D eigenvalue weighted by atomic mass is 32.2. The van der Waals surface area contributed by atoms with Crippen LogP contribution in [0.25, 0.3) is 0 Å². The van der Waals surface area contributed by atoms with E-state index in [0.29, 0.717) is 6.07 Å². The topological polar surface area (TPSA) is 129 Å². The second kappa shape index (κ2) is 10.3. The molecule has 15 heteroatoms. The molecule has 2 aromatic rings. The van der Waals surface area contributed by atoms with Crippen LogP contribution in [0.15, 0.2) is 53.8 Å². The molecule has 10 nitrogen and oxygen atoms in total. The van der Waals surface area contributed by atoms with Gasteiger partial charge >= 0.3 is 19.3 Å². The van der Waals surface area contributed by atoms with Gasteiger partial charge in [-0.1, -0.05) is 24.4 Å². The van der Waals surface area contributed by atoms with Crippen LogP contribution in [-0.4, -0.2) is 37.6 Å². The Morgan fingerprint density at radius 3 is 2.23 bits per heavy atom. The number of alkyl halides is 4. The maximum Gasteiger partial charge on any atom is 0.388 e. The molecule has 0 fully saturated rings. The summed E-state index contributed by atoms with van der Waals surface area (Å²) in [6.07, 6.45) is 0.974. The predicted molar refractivity (Wildman–Crippen MR) is 95.4 cm³/mol. The van der Waals surface area contributed by atoms with Gasteiger partial charge in [0.05, 0.1) is 6.07 Å². The van der Waals surface area contributed by atoms with Crippen molar-refractivity contribution in [2.75, 3.05) is 5.32 Å². The smallest absolute Gasteiger partial charge is 0.388 e. The summed E-state index contributed by atoms with van der Waals surface area (Å²) in [7, 11) is -4.51. The zero-order chi connectivity index (χ0) is 23.0. The van der Waals surface area contributed by atoms with Gasteiger partial charge in [0, 0.05) is 0 Å². The van der Waals surface area contributed by atoms with Gasteiger partial charge in [0.25, 0.3) is 10.0 Å². The van der Waals surface area contributed by atoms with Crippen molar-refractivity contribution in [3.8, 4) is 17.5 Å². The molecule has 2 amide bonds. The van der Waals surface area contributed by atoms with E-state index in [9.17, 15) is 30.8 Å². The lowest BCUT2D eigenvalue weighted by atomic mass is 10.3. The van der Waals surface area contributed by atoms with Gasteiger partial charge in [-0.25, -0.2) is 17.9 Å². The highest BCUT2D eigenvalue weighted by molar-refractivity contribution is 7.90. The van der Waals surface area contributed by atoms with E-state index >= 15 is 0 Å². The molecule has 0 radical (unpaired) electrons. The number of aromatic nitrogens is 2. The van der Waals surface area contributed by atoms with Crippen molar-refractivity contribution in [2.24, 2.45) is 0 Å². The average Bonchev–Trinajstić information content (AvgIpc) is 2.64. The molecule has 1 aromatic carbocycles. The highest BCUT2D eigenvalue weighted by Gasteiger charge is 2.23. The summed E-state index contributed by atoms with van der Waals surface area (Å²) in [4.78, 5) is 18.3. The summed E-state index contributed by atoms with van der Waals surface area (Å²) in [6.45, 7) is -3.50. The Labute approximate surface area is 172 Å². The number of carbonyl (C=O) groups excluding carboxylic acids is 1. The van der Waals surface area contributed by atoms with Crippen LogP contribution in [-0.2, 0) is 10.0 Å². The van der Waals surface area contributed by atoms with Crippen LogP contribution >= 0.6 is 0 Å². The van der Waals surface area contributed by atoms with Crippen molar-refractivity contribution in [3.63, 3.8) is 0 Å². The Kier molecular flexibility index (Phi) is 7.76. The lowest BCUT2D eigenvalue weighted by molar-refractivity contribution is -0.0579. The van der Waals surface area contributed by atoms with Gasteiger partial charge in [-0.05, 0) is 12.1 Å². The number of nitrogens with one attached hydrogen (secondary N) is 2. The standard InChI is InChI=1S/C16H12F4N4O6S/c1-2-7-28-9-5-3-4-6-10(9)31(26,27)24-16(25)23-15-21-11(29-13(17)18)8-12(22-15)30-14(19)20/h3-8,13-14H,1H2,(H2,21,22,23,24,25). The van der Waals surface area contributed by atoms with Gasteiger partial charge in [0.15, 0.2) is 0 Å². The number of hydrogen-bond donors (Lipinski definition) is 2. The summed E-state index contributed by atoms with van der Waals surface area (Å²) < 4.78 is 88.9. The van der Waals surface area contributed by atoms with Gasteiger partial charge in [0.2, 0.25) is 17.7 Å². The summed E-state index contributed by atoms with van der Waals surface area (Å²) in [5.41, 5.74) is 2.27. The average molecular weight is 464 g/mol. The van der Waals surface area contributed by atoms with E-state index in [1.165, 1.54) is 18.2 Å². The van der Waals surface area contributed by atoms with Crippen molar-refractivity contribution in [1.82, 2.24) is 14.7 Å². The minimum atomic E-state index is -4.51. The third-order valence-corrected chi connectivity index (χ3v) is 4.33. The Morgan fingerprint density at radius 2 is 1.68 bits per heavy atom. The van der Waals surface area contributed by atoms with Crippen LogP contribution in [0, 0.1) is 0 Å². The van der Waals surface area contributed by atoms with Crippen LogP contribution in [0.1, 0.15) is 0 Å². The monoisotopic (exact) mass is 464 g/mol. The van der Waals surface area contributed by atoms with E-state index < -0.39 is 51.9 Å². The summed E-state index contributed by atoms with van der Waals surface area (Å²) in [5.74, 6) is -2.88. The third kappa shape index (κ3) is 7.17. The van der Waals surface area contributed by atoms with E-state index in [1.54, 1.807) is 10.0 Å². The number of ether oxygens (including phenoxy) is 3. The lowest BCUT2D eigenvalue weighted by Crippen LogP contribution is -2.35. The number of carbonyl (C=O) groups is 1. The van der Waals surface area contributed by atoms with Gasteiger partial charge in [-0.2, -0.15) is 27.5 Å². The molecule has 1 heterocycles. The Hall–Kier alpha value is -3.84. The van der Waals surface area contributed by atoms with E-state index in [2.05, 4.69) is 31.8 Å². The molecule has 0 spiro atoms. The number of benzene rings is 1. The fourth-order valence-electron chi connectivity index (χ4n) is 1.94. The first-order valence-electron chi connectivity index (χ1n) is 7.83. The molecule has 0 aliphatic carbocycles. The minimum absolute atomic E-state index is 0.171. The molecule has 0 atom stereocenters. The SMILES string of the molecule is C=C=COc1ccccc1S(=O)(=O)NC(=O)Nc1nc(OC(F)F)cc(OC(F)F)n1. The Balaban J connectivity index is 2.24. The van der Waals surface area contributed by atoms with Crippen molar-refractivity contribution < 1.29 is 45.0 Å². The molecule has 1 aromatic heterocycles. The maximum atomic E-state index is 12.5. The molecule has 0 saturated heterocycles. The fraction of sp³-hybridized carbons (Fsp3) is 0.125. The second-order valence-electron chi connectivity index (χ2n) is 5.07. The molecule has 0 aliphatic heterocycles. The van der Waals surface area contributed by atoms with Crippen LogP contribution in [0.4, 0.5) is 28.3 Å². The zero-order valence-electron chi connectivity index (χ0n) is 15.1. The quantitative estimate of drug-likeness (QED) is 0.329. The van der Waals surface area contributed by atoms with Crippen molar-refractivity contribution in [1.29, 1.82) is 0 Å². The molecular weight excluding hydrogens is 452 g/mol. The zero-order valence-corrected chi connectivity index (χ0v) is 15.9. The fourth-order valence-corrected chi connectivity index (χ4v) is 2.99. The third-order valence-electron chi connectivity index (χ3n) is 2.96. The summed E-state index contributed by atoms with van der Waals surface area (Å²) >= 11 is 0. The van der Waals surface area contributed by atoms with Gasteiger partial charge in [0.1, 0.15) is 16.9 Å². The lowest BCUT2D eigenvalue weighted by Gasteiger charge is -2.12. The van der Waals surface area contributed by atoms with Gasteiger partial charge < -0.3 is 14.2 Å². The van der Waals surface area contributed by atoms with E-state index in [1.807, 2.05) is 0 Å². The molecule has 0 saturated carbocycles. The molecule has 166 valence electrons. The minimum Gasteiger partial charge on any atom is -0.455 e. The molecular formula is C16H12F4N4O6S. The van der Waals surface area contributed by atoms with Crippen molar-refractivity contribution in [2.45, 2.75) is 18.1 Å². The number of para-hydroxylation sites is 1. The first-order valence-corrected chi connectivity index (χ1v) is 9.31. The largest absolute Gasteiger partial charge is 0.455 e. The van der Waals surface area contributed by atoms with Gasteiger partial charge in [-0.3, -0.25) is 5.32 Å². The first-order chi connectivity index (χ1) is 14.6. The number of rotatable bonds is 9. The molecule has 0 bridgehead atoms. The number of sulfonamides is 1. The maximum absolute atomic E-state index is 12.5. The number of hydrogen-bond acceptors (Lipinski definition) is 8. The molecule has 0 unspecified atom stereocenters. The Bertz CT molecular complexity index is 1070. The molecule has 2 N–H and O–H groups in total. The van der Waals surface area contributed by atoms with E-state index in [0.717, 1.165) is 12.3 Å². The van der Waals surface area contributed by atoms with Crippen LogP contribution in [0.3, 0.4) is 0 Å². The normalized spacial score (nSPS) is 10.9. The number of amides is 2. The number of urea groups is 1. The van der Waals surface area contributed by atoms with E-state index in [4.69, 9.17) is 4.74 Å².